The Labute approximate surface area is 166 Å². The van der Waals surface area contributed by atoms with Crippen molar-refractivity contribution in [1.82, 2.24) is 20.0 Å². The van der Waals surface area contributed by atoms with Crippen molar-refractivity contribution < 1.29 is 4.74 Å². The molecule has 2 aromatic rings. The number of hydrogen-bond donors (Lipinski definition) is 1. The van der Waals surface area contributed by atoms with E-state index in [1.54, 1.807) is 0 Å². The maximum Gasteiger partial charge on any atom is 0.194 e. The van der Waals surface area contributed by atoms with Gasteiger partial charge in [-0.2, -0.15) is 5.10 Å². The summed E-state index contributed by atoms with van der Waals surface area (Å²) in [4.78, 5) is 7.13. The monoisotopic (exact) mass is 389 g/mol. The number of likely N-dealkylation sites (tertiary alicyclic amines) is 1. The first-order valence-corrected chi connectivity index (χ1v) is 9.87. The molecule has 1 saturated heterocycles. The molecule has 1 aromatic heterocycles. The van der Waals surface area contributed by atoms with Gasteiger partial charge in [-0.15, -0.1) is 0 Å². The number of aromatic nitrogens is 2. The first-order valence-electron chi connectivity index (χ1n) is 9.49. The number of ether oxygens (including phenoxy) is 1. The molecule has 0 amide bonds. The van der Waals surface area contributed by atoms with Gasteiger partial charge in [0.25, 0.3) is 0 Å². The van der Waals surface area contributed by atoms with E-state index in [0.717, 1.165) is 37.8 Å². The van der Waals surface area contributed by atoms with Crippen molar-refractivity contribution in [2.24, 2.45) is 12.0 Å². The highest BCUT2D eigenvalue weighted by molar-refractivity contribution is 6.30. The van der Waals surface area contributed by atoms with E-state index in [1.165, 1.54) is 5.56 Å². The molecule has 2 unspecified atom stereocenters. The zero-order valence-electron chi connectivity index (χ0n) is 16.2. The van der Waals surface area contributed by atoms with E-state index in [9.17, 15) is 0 Å². The van der Waals surface area contributed by atoms with Crippen LogP contribution in [0, 0.1) is 0 Å². The molecule has 27 heavy (non-hydrogen) atoms. The van der Waals surface area contributed by atoms with E-state index in [0.29, 0.717) is 17.5 Å². The van der Waals surface area contributed by atoms with Gasteiger partial charge in [0.1, 0.15) is 11.9 Å². The van der Waals surface area contributed by atoms with Crippen molar-refractivity contribution in [3.8, 4) is 5.75 Å². The first kappa shape index (κ1) is 19.5. The average Bonchev–Trinajstić information content (AvgIpc) is 3.29. The molecule has 0 bridgehead atoms. The molecule has 0 saturated carbocycles. The number of rotatable bonds is 6. The Hall–Kier alpha value is -2.21. The van der Waals surface area contributed by atoms with Crippen LogP contribution < -0.4 is 10.1 Å². The fourth-order valence-electron chi connectivity index (χ4n) is 3.30. The molecule has 1 aromatic carbocycles. The van der Waals surface area contributed by atoms with Crippen molar-refractivity contribution >= 4 is 17.6 Å². The van der Waals surface area contributed by atoms with Crippen molar-refractivity contribution in [1.29, 1.82) is 0 Å². The number of nitrogens with one attached hydrogen (secondary N) is 1. The molecule has 0 spiro atoms. The Balaban J connectivity index is 1.58. The number of benzene rings is 1. The summed E-state index contributed by atoms with van der Waals surface area (Å²) in [7, 11) is 1.96. The summed E-state index contributed by atoms with van der Waals surface area (Å²) >= 11 is 5.92. The Morgan fingerprint density at radius 3 is 2.85 bits per heavy atom. The molecule has 2 heterocycles. The van der Waals surface area contributed by atoms with Gasteiger partial charge in [0.2, 0.25) is 0 Å². The number of aryl methyl sites for hydroxylation is 1. The highest BCUT2D eigenvalue weighted by atomic mass is 35.5. The van der Waals surface area contributed by atoms with Crippen molar-refractivity contribution in [2.45, 2.75) is 32.3 Å². The van der Waals surface area contributed by atoms with E-state index in [4.69, 9.17) is 21.3 Å². The summed E-state index contributed by atoms with van der Waals surface area (Å²) in [5.74, 6) is 2.27. The van der Waals surface area contributed by atoms with Crippen molar-refractivity contribution in [3.05, 3.63) is 47.2 Å². The van der Waals surface area contributed by atoms with Crippen molar-refractivity contribution in [2.75, 3.05) is 26.2 Å². The third-order valence-electron chi connectivity index (χ3n) is 4.67. The van der Waals surface area contributed by atoms with Crippen molar-refractivity contribution in [3.63, 3.8) is 0 Å². The predicted molar refractivity (Wildman–Crippen MR) is 110 cm³/mol. The SMILES string of the molecule is CCNC(=NCC(C)Oc1ccc(Cl)cc1)N1CCC(c2cnn(C)c2)C1. The molecule has 6 nitrogen and oxygen atoms in total. The van der Waals surface area contributed by atoms with Gasteiger partial charge in [-0.3, -0.25) is 4.68 Å². The molecule has 2 atom stereocenters. The maximum absolute atomic E-state index is 5.93. The van der Waals surface area contributed by atoms with Crippen LogP contribution in [0.1, 0.15) is 31.7 Å². The van der Waals surface area contributed by atoms with Crippen LogP contribution in [-0.2, 0) is 7.05 Å². The van der Waals surface area contributed by atoms with Crippen LogP contribution in [0.2, 0.25) is 5.02 Å². The molecule has 3 rings (SSSR count). The van der Waals surface area contributed by atoms with Crippen LogP contribution in [0.3, 0.4) is 0 Å². The van der Waals surface area contributed by atoms with Crippen LogP contribution in [0.15, 0.2) is 41.7 Å². The Morgan fingerprint density at radius 2 is 2.19 bits per heavy atom. The van der Waals surface area contributed by atoms with Crippen LogP contribution in [0.5, 0.6) is 5.75 Å². The molecular formula is C20H28ClN5O. The van der Waals surface area contributed by atoms with E-state index < -0.39 is 0 Å². The van der Waals surface area contributed by atoms with Crippen LogP contribution in [-0.4, -0.2) is 52.9 Å². The van der Waals surface area contributed by atoms with E-state index in [2.05, 4.69) is 28.4 Å². The maximum atomic E-state index is 5.93. The molecule has 0 aliphatic carbocycles. The van der Waals surface area contributed by atoms with Crippen LogP contribution in [0.4, 0.5) is 0 Å². The third kappa shape index (κ3) is 5.39. The van der Waals surface area contributed by atoms with Gasteiger partial charge in [-0.25, -0.2) is 4.99 Å². The number of hydrogen-bond acceptors (Lipinski definition) is 3. The smallest absolute Gasteiger partial charge is 0.194 e. The minimum atomic E-state index is -0.0171. The molecule has 1 aliphatic heterocycles. The lowest BCUT2D eigenvalue weighted by Crippen LogP contribution is -2.40. The molecule has 0 radical (unpaired) electrons. The number of guanidine groups is 1. The lowest BCUT2D eigenvalue weighted by atomic mass is 10.0. The second-order valence-electron chi connectivity index (χ2n) is 6.96. The Morgan fingerprint density at radius 1 is 1.41 bits per heavy atom. The molecule has 7 heteroatoms. The molecule has 146 valence electrons. The Kier molecular flexibility index (Phi) is 6.61. The van der Waals surface area contributed by atoms with E-state index >= 15 is 0 Å². The van der Waals surface area contributed by atoms with Gasteiger partial charge in [0.15, 0.2) is 5.96 Å². The predicted octanol–water partition coefficient (Wildman–Crippen LogP) is 3.30. The normalized spacial score (nSPS) is 18.6. The molecule has 1 fully saturated rings. The second kappa shape index (κ2) is 9.13. The quantitative estimate of drug-likeness (QED) is 0.608. The summed E-state index contributed by atoms with van der Waals surface area (Å²) in [5, 5.41) is 8.42. The second-order valence-corrected chi connectivity index (χ2v) is 7.39. The van der Waals surface area contributed by atoms with E-state index in [-0.39, 0.29) is 6.10 Å². The lowest BCUT2D eigenvalue weighted by Gasteiger charge is -2.22. The largest absolute Gasteiger partial charge is 0.489 e. The van der Waals surface area contributed by atoms with Gasteiger partial charge >= 0.3 is 0 Å². The van der Waals surface area contributed by atoms with Gasteiger partial charge in [-0.1, -0.05) is 11.6 Å². The fraction of sp³-hybridized carbons (Fsp3) is 0.500. The average molecular weight is 390 g/mol. The lowest BCUT2D eigenvalue weighted by molar-refractivity contribution is 0.229. The van der Waals surface area contributed by atoms with Gasteiger partial charge in [0.05, 0.1) is 12.7 Å². The van der Waals surface area contributed by atoms with E-state index in [1.807, 2.05) is 49.1 Å². The zero-order valence-corrected chi connectivity index (χ0v) is 17.0. The number of nitrogens with zero attached hydrogens (tertiary/aromatic N) is 4. The highest BCUT2D eigenvalue weighted by Crippen LogP contribution is 2.26. The summed E-state index contributed by atoms with van der Waals surface area (Å²) < 4.78 is 7.80. The molecule has 1 aliphatic rings. The fourth-order valence-corrected chi connectivity index (χ4v) is 3.43. The Bertz CT molecular complexity index is 758. The topological polar surface area (TPSA) is 54.7 Å². The summed E-state index contributed by atoms with van der Waals surface area (Å²) in [6.07, 6.45) is 5.18. The molecular weight excluding hydrogens is 362 g/mol. The molecule has 1 N–H and O–H groups in total. The zero-order chi connectivity index (χ0) is 19.2. The summed E-state index contributed by atoms with van der Waals surface area (Å²) in [6.45, 7) is 7.53. The van der Waals surface area contributed by atoms with Gasteiger partial charge < -0.3 is 15.0 Å². The summed E-state index contributed by atoms with van der Waals surface area (Å²) in [6, 6.07) is 7.43. The third-order valence-corrected chi connectivity index (χ3v) is 4.92. The minimum Gasteiger partial charge on any atom is -0.489 e. The van der Waals surface area contributed by atoms with Gasteiger partial charge in [-0.05, 0) is 50.1 Å². The van der Waals surface area contributed by atoms with Gasteiger partial charge in [0, 0.05) is 43.8 Å². The van der Waals surface area contributed by atoms with Crippen LogP contribution in [0.25, 0.3) is 0 Å². The minimum absolute atomic E-state index is 0.0171. The first-order chi connectivity index (χ1) is 13.0. The number of halogens is 1. The standard InChI is InChI=1S/C20H28ClN5O/c1-4-22-20(23-11-15(2)27-19-7-5-18(21)6-8-19)26-10-9-16(14-26)17-12-24-25(3)13-17/h5-8,12-13,15-16H,4,9-11,14H2,1-3H3,(H,22,23). The summed E-state index contributed by atoms with van der Waals surface area (Å²) in [5.41, 5.74) is 1.30. The highest BCUT2D eigenvalue weighted by Gasteiger charge is 2.27. The van der Waals surface area contributed by atoms with Crippen LogP contribution >= 0.6 is 11.6 Å². The number of aliphatic imine (C=N–C) groups is 1.